The fraction of sp³-hybridized carbons (Fsp3) is 0.700. The van der Waals surface area contributed by atoms with Crippen LogP contribution in [-0.4, -0.2) is 29.2 Å². The Morgan fingerprint density at radius 2 is 2.54 bits per heavy atom. The zero-order valence-electron chi connectivity index (χ0n) is 7.75. The number of epoxide rings is 1. The van der Waals surface area contributed by atoms with Crippen LogP contribution in [0.2, 0.25) is 0 Å². The van der Waals surface area contributed by atoms with E-state index in [0.717, 1.165) is 12.0 Å². The molecule has 0 bridgehead atoms. The van der Waals surface area contributed by atoms with E-state index in [9.17, 15) is 4.79 Å². The van der Waals surface area contributed by atoms with Crippen LogP contribution < -0.4 is 0 Å². The van der Waals surface area contributed by atoms with Gasteiger partial charge < -0.3 is 9.84 Å². The molecule has 2 fully saturated rings. The largest absolute Gasteiger partial charge is 0.392 e. The van der Waals surface area contributed by atoms with Crippen molar-refractivity contribution in [1.29, 1.82) is 0 Å². The van der Waals surface area contributed by atoms with Gasteiger partial charge in [0.25, 0.3) is 0 Å². The summed E-state index contributed by atoms with van der Waals surface area (Å²) in [5.74, 6) is 0.279. The van der Waals surface area contributed by atoms with Crippen molar-refractivity contribution in [3.05, 3.63) is 12.2 Å². The van der Waals surface area contributed by atoms with E-state index in [4.69, 9.17) is 9.84 Å². The molecule has 0 spiro atoms. The number of hydrogen-bond donors (Lipinski definition) is 1. The van der Waals surface area contributed by atoms with Gasteiger partial charge in [0.1, 0.15) is 5.60 Å². The van der Waals surface area contributed by atoms with Crippen molar-refractivity contribution in [3.8, 4) is 0 Å². The summed E-state index contributed by atoms with van der Waals surface area (Å²) >= 11 is 0. The van der Waals surface area contributed by atoms with E-state index in [-0.39, 0.29) is 24.4 Å². The summed E-state index contributed by atoms with van der Waals surface area (Å²) in [5.41, 5.74) is 0.262. The van der Waals surface area contributed by atoms with Gasteiger partial charge in [-0.25, -0.2) is 0 Å². The second-order valence-corrected chi connectivity index (χ2v) is 4.09. The average Bonchev–Trinajstić information content (AvgIpc) is 2.77. The van der Waals surface area contributed by atoms with E-state index in [1.807, 2.05) is 6.92 Å². The van der Waals surface area contributed by atoms with Gasteiger partial charge in [-0.3, -0.25) is 4.79 Å². The lowest BCUT2D eigenvalue weighted by Crippen LogP contribution is -2.32. The summed E-state index contributed by atoms with van der Waals surface area (Å²) in [7, 11) is 0. The molecule has 0 amide bonds. The van der Waals surface area contributed by atoms with Crippen molar-refractivity contribution in [3.63, 3.8) is 0 Å². The van der Waals surface area contributed by atoms with Crippen LogP contribution in [0.5, 0.6) is 0 Å². The molecule has 1 heterocycles. The molecule has 1 aliphatic carbocycles. The lowest BCUT2D eigenvalue weighted by molar-refractivity contribution is -0.124. The van der Waals surface area contributed by atoms with Gasteiger partial charge in [-0.1, -0.05) is 6.58 Å². The fourth-order valence-corrected chi connectivity index (χ4v) is 1.99. The second-order valence-electron chi connectivity index (χ2n) is 4.09. The van der Waals surface area contributed by atoms with E-state index < -0.39 is 5.60 Å². The molecule has 0 aromatic heterocycles. The van der Waals surface area contributed by atoms with Crippen LogP contribution in [0.3, 0.4) is 0 Å². The molecule has 3 nitrogen and oxygen atoms in total. The van der Waals surface area contributed by atoms with Gasteiger partial charge >= 0.3 is 0 Å². The van der Waals surface area contributed by atoms with Gasteiger partial charge in [-0.05, 0) is 24.8 Å². The molecule has 2 aliphatic rings. The standard InChI is InChI=1S/C10H14O3/c1-6(5-11)7-3-8(12)10(2)9(4-7)13-10/h7,9,11H,1,3-5H2,2H3. The summed E-state index contributed by atoms with van der Waals surface area (Å²) in [6, 6.07) is 0. The molecule has 0 radical (unpaired) electrons. The molecule has 1 N–H and O–H groups in total. The highest BCUT2D eigenvalue weighted by Gasteiger charge is 2.61. The van der Waals surface area contributed by atoms with E-state index in [1.165, 1.54) is 0 Å². The Morgan fingerprint density at radius 3 is 3.08 bits per heavy atom. The molecule has 3 heteroatoms. The summed E-state index contributed by atoms with van der Waals surface area (Å²) < 4.78 is 5.33. The number of Topliss-reactive ketones (excluding diaryl/α,β-unsaturated/α-hetero) is 1. The molecular formula is C10H14O3. The Morgan fingerprint density at radius 1 is 1.85 bits per heavy atom. The molecular weight excluding hydrogens is 168 g/mol. The van der Waals surface area contributed by atoms with E-state index >= 15 is 0 Å². The van der Waals surface area contributed by atoms with Crippen LogP contribution in [0.15, 0.2) is 12.2 Å². The Hall–Kier alpha value is -0.670. The van der Waals surface area contributed by atoms with Gasteiger partial charge in [0.2, 0.25) is 0 Å². The van der Waals surface area contributed by atoms with Crippen molar-refractivity contribution in [1.82, 2.24) is 0 Å². The molecule has 2 rings (SSSR count). The third kappa shape index (κ3) is 1.23. The van der Waals surface area contributed by atoms with Crippen LogP contribution in [-0.2, 0) is 9.53 Å². The maximum absolute atomic E-state index is 11.5. The summed E-state index contributed by atoms with van der Waals surface area (Å²) in [6.45, 7) is 5.57. The van der Waals surface area contributed by atoms with Crippen LogP contribution in [0.1, 0.15) is 19.8 Å². The number of carbonyl (C=O) groups is 1. The minimum atomic E-state index is -0.494. The predicted octanol–water partition coefficient (Wildman–Crippen LogP) is 0.671. The molecule has 1 saturated carbocycles. The van der Waals surface area contributed by atoms with Crippen LogP contribution in [0, 0.1) is 5.92 Å². The van der Waals surface area contributed by atoms with Gasteiger partial charge in [0.05, 0.1) is 12.7 Å². The number of ether oxygens (including phenoxy) is 1. The Balaban J connectivity index is 2.06. The minimum Gasteiger partial charge on any atom is -0.392 e. The summed E-state index contributed by atoms with van der Waals surface area (Å²) in [4.78, 5) is 11.5. The third-order valence-electron chi connectivity index (χ3n) is 3.21. The highest BCUT2D eigenvalue weighted by Crippen LogP contribution is 2.48. The first kappa shape index (κ1) is 8.91. The van der Waals surface area contributed by atoms with E-state index in [1.54, 1.807) is 0 Å². The smallest absolute Gasteiger partial charge is 0.167 e. The number of ketones is 1. The highest BCUT2D eigenvalue weighted by molar-refractivity contribution is 5.91. The number of fused-ring (bicyclic) bond motifs is 1. The fourth-order valence-electron chi connectivity index (χ4n) is 1.99. The van der Waals surface area contributed by atoms with Crippen LogP contribution >= 0.6 is 0 Å². The SMILES string of the molecule is C=C(CO)C1CC(=O)C2(C)OC2C1. The third-order valence-corrected chi connectivity index (χ3v) is 3.21. The van der Waals surface area contributed by atoms with Gasteiger partial charge in [0, 0.05) is 6.42 Å². The Kier molecular flexibility index (Phi) is 1.82. The molecule has 3 atom stereocenters. The maximum Gasteiger partial charge on any atom is 0.167 e. The van der Waals surface area contributed by atoms with Crippen molar-refractivity contribution in [2.75, 3.05) is 6.61 Å². The van der Waals surface area contributed by atoms with Gasteiger partial charge in [-0.2, -0.15) is 0 Å². The zero-order valence-corrected chi connectivity index (χ0v) is 7.75. The first-order valence-electron chi connectivity index (χ1n) is 4.57. The molecule has 1 saturated heterocycles. The number of hydrogen-bond acceptors (Lipinski definition) is 3. The second kappa shape index (κ2) is 2.66. The number of carbonyl (C=O) groups excluding carboxylic acids is 1. The highest BCUT2D eigenvalue weighted by atomic mass is 16.6. The van der Waals surface area contributed by atoms with Crippen molar-refractivity contribution >= 4 is 5.78 Å². The number of aliphatic hydroxyl groups excluding tert-OH is 1. The van der Waals surface area contributed by atoms with Crippen LogP contribution in [0.4, 0.5) is 0 Å². The summed E-state index contributed by atoms with van der Waals surface area (Å²) in [5, 5.41) is 8.89. The van der Waals surface area contributed by atoms with Crippen molar-refractivity contribution in [2.24, 2.45) is 5.92 Å². The number of aliphatic hydroxyl groups is 1. The predicted molar refractivity (Wildman–Crippen MR) is 47.2 cm³/mol. The Bertz CT molecular complexity index is 271. The molecule has 1 aliphatic heterocycles. The lowest BCUT2D eigenvalue weighted by atomic mass is 9.79. The molecule has 13 heavy (non-hydrogen) atoms. The first-order valence-corrected chi connectivity index (χ1v) is 4.57. The molecule has 3 unspecified atom stereocenters. The Labute approximate surface area is 77.4 Å². The average molecular weight is 182 g/mol. The summed E-state index contributed by atoms with van der Waals surface area (Å²) in [6.07, 6.45) is 1.38. The molecule has 0 aromatic carbocycles. The monoisotopic (exact) mass is 182 g/mol. The zero-order chi connectivity index (χ0) is 9.64. The topological polar surface area (TPSA) is 49.8 Å². The first-order chi connectivity index (χ1) is 6.08. The van der Waals surface area contributed by atoms with Crippen LogP contribution in [0.25, 0.3) is 0 Å². The van der Waals surface area contributed by atoms with Crippen molar-refractivity contribution in [2.45, 2.75) is 31.5 Å². The van der Waals surface area contributed by atoms with Crippen molar-refractivity contribution < 1.29 is 14.6 Å². The maximum atomic E-state index is 11.5. The van der Waals surface area contributed by atoms with Gasteiger partial charge in [-0.15, -0.1) is 0 Å². The van der Waals surface area contributed by atoms with E-state index in [2.05, 4.69) is 6.58 Å². The minimum absolute atomic E-state index is 0.0264. The quantitative estimate of drug-likeness (QED) is 0.504. The van der Waals surface area contributed by atoms with Gasteiger partial charge in [0.15, 0.2) is 5.78 Å². The molecule has 0 aromatic rings. The molecule has 72 valence electrons. The number of rotatable bonds is 2. The normalized spacial score (nSPS) is 42.8. The lowest BCUT2D eigenvalue weighted by Gasteiger charge is -2.22. The van der Waals surface area contributed by atoms with E-state index in [0.29, 0.717) is 6.42 Å².